The van der Waals surface area contributed by atoms with E-state index in [0.29, 0.717) is 30.5 Å². The van der Waals surface area contributed by atoms with Crippen molar-refractivity contribution in [3.63, 3.8) is 0 Å². The van der Waals surface area contributed by atoms with Crippen LogP contribution in [0.3, 0.4) is 0 Å². The Morgan fingerprint density at radius 2 is 1.40 bits per heavy atom. The van der Waals surface area contributed by atoms with Gasteiger partial charge in [0.05, 0.1) is 39.3 Å². The minimum atomic E-state index is 0.445. The van der Waals surface area contributed by atoms with Crippen LogP contribution in [-0.2, 0) is 17.8 Å². The van der Waals surface area contributed by atoms with Gasteiger partial charge in [0.15, 0.2) is 11.5 Å². The first-order valence-electron chi connectivity index (χ1n) is 11.8. The highest BCUT2D eigenvalue weighted by molar-refractivity contribution is 5.78. The van der Waals surface area contributed by atoms with Crippen LogP contribution in [0.5, 0.6) is 17.2 Å². The molecular formula is C29H32N2O4. The molecule has 0 spiro atoms. The number of ether oxygens (including phenoxy) is 4. The fourth-order valence-electron chi connectivity index (χ4n) is 4.11. The van der Waals surface area contributed by atoms with Crippen LogP contribution in [0.2, 0.25) is 0 Å². The summed E-state index contributed by atoms with van der Waals surface area (Å²) in [4.78, 5) is 8.50. The van der Waals surface area contributed by atoms with Gasteiger partial charge in [-0.05, 0) is 25.0 Å². The first kappa shape index (κ1) is 24.4. The van der Waals surface area contributed by atoms with Crippen LogP contribution in [-0.4, -0.2) is 37.9 Å². The second kappa shape index (κ2) is 12.1. The van der Waals surface area contributed by atoms with Crippen LogP contribution in [0, 0.1) is 0 Å². The summed E-state index contributed by atoms with van der Waals surface area (Å²) >= 11 is 0. The van der Waals surface area contributed by atoms with Crippen molar-refractivity contribution in [2.24, 2.45) is 0 Å². The molecule has 3 aromatic carbocycles. The lowest BCUT2D eigenvalue weighted by molar-refractivity contribution is 0.115. The van der Waals surface area contributed by atoms with Crippen molar-refractivity contribution >= 4 is 0 Å². The predicted molar refractivity (Wildman–Crippen MR) is 138 cm³/mol. The number of H-pyrrole nitrogens is 1. The average Bonchev–Trinajstić information content (AvgIpc) is 3.35. The van der Waals surface area contributed by atoms with Gasteiger partial charge in [-0.15, -0.1) is 0 Å². The summed E-state index contributed by atoms with van der Waals surface area (Å²) in [6, 6.07) is 24.5. The lowest BCUT2D eigenvalue weighted by Crippen LogP contribution is -2.02. The number of aromatic nitrogens is 2. The monoisotopic (exact) mass is 472 g/mol. The van der Waals surface area contributed by atoms with Gasteiger partial charge in [0.2, 0.25) is 5.75 Å². The van der Waals surface area contributed by atoms with Crippen LogP contribution in [0.1, 0.15) is 24.2 Å². The van der Waals surface area contributed by atoms with E-state index in [1.54, 1.807) is 21.3 Å². The molecule has 6 nitrogen and oxygen atoms in total. The molecule has 182 valence electrons. The van der Waals surface area contributed by atoms with Gasteiger partial charge < -0.3 is 23.9 Å². The second-order valence-corrected chi connectivity index (χ2v) is 8.14. The van der Waals surface area contributed by atoms with Crippen molar-refractivity contribution in [3.8, 4) is 39.8 Å². The van der Waals surface area contributed by atoms with E-state index in [2.05, 4.69) is 41.4 Å². The van der Waals surface area contributed by atoms with Gasteiger partial charge in [-0.1, -0.05) is 60.7 Å². The topological polar surface area (TPSA) is 65.6 Å². The lowest BCUT2D eigenvalue weighted by Gasteiger charge is -2.15. The molecule has 1 N–H and O–H groups in total. The lowest BCUT2D eigenvalue weighted by atomic mass is 10.1. The zero-order chi connectivity index (χ0) is 24.5. The van der Waals surface area contributed by atoms with Crippen molar-refractivity contribution in [3.05, 3.63) is 84.2 Å². The molecule has 1 heterocycles. The van der Waals surface area contributed by atoms with Crippen molar-refractivity contribution in [2.45, 2.75) is 25.9 Å². The Hall–Kier alpha value is -3.77. The van der Waals surface area contributed by atoms with Crippen LogP contribution in [0.25, 0.3) is 22.5 Å². The molecule has 0 radical (unpaired) electrons. The van der Waals surface area contributed by atoms with Gasteiger partial charge in [-0.25, -0.2) is 4.98 Å². The van der Waals surface area contributed by atoms with Crippen LogP contribution in [0.4, 0.5) is 0 Å². The maximum absolute atomic E-state index is 5.93. The van der Waals surface area contributed by atoms with Crippen LogP contribution < -0.4 is 14.2 Å². The van der Waals surface area contributed by atoms with E-state index in [1.165, 1.54) is 0 Å². The number of aromatic amines is 1. The summed E-state index contributed by atoms with van der Waals surface area (Å²) < 4.78 is 22.3. The van der Waals surface area contributed by atoms with E-state index in [1.807, 2.05) is 36.4 Å². The fraction of sp³-hybridized carbons (Fsp3) is 0.276. The Balaban J connectivity index is 1.35. The quantitative estimate of drug-likeness (QED) is 0.245. The molecule has 6 heteroatoms. The molecule has 0 saturated carbocycles. The largest absolute Gasteiger partial charge is 0.493 e. The molecule has 0 amide bonds. The summed E-state index contributed by atoms with van der Waals surface area (Å²) in [7, 11) is 4.84. The first-order chi connectivity index (χ1) is 17.2. The molecule has 0 atom stereocenters. The Kier molecular flexibility index (Phi) is 8.41. The highest BCUT2D eigenvalue weighted by Crippen LogP contribution is 2.40. The molecule has 0 fully saturated rings. The Labute approximate surface area is 206 Å². The highest BCUT2D eigenvalue weighted by Gasteiger charge is 2.16. The third-order valence-corrected chi connectivity index (χ3v) is 5.86. The van der Waals surface area contributed by atoms with Gasteiger partial charge in [0.1, 0.15) is 5.82 Å². The smallest absolute Gasteiger partial charge is 0.203 e. The molecule has 0 unspecified atom stereocenters. The average molecular weight is 473 g/mol. The van der Waals surface area contributed by atoms with Crippen molar-refractivity contribution < 1.29 is 18.9 Å². The summed E-state index contributed by atoms with van der Waals surface area (Å²) in [6.45, 7) is 1.09. The summed E-state index contributed by atoms with van der Waals surface area (Å²) in [6.07, 6.45) is 2.76. The maximum Gasteiger partial charge on any atom is 0.203 e. The number of hydrogen-bond donors (Lipinski definition) is 1. The second-order valence-electron chi connectivity index (χ2n) is 8.14. The number of hydrogen-bond acceptors (Lipinski definition) is 5. The number of nitrogens with one attached hydrogen (secondary N) is 1. The van der Waals surface area contributed by atoms with Gasteiger partial charge in [-0.3, -0.25) is 0 Å². The summed E-state index contributed by atoms with van der Waals surface area (Å²) in [5.74, 6) is 2.85. The standard InChI is InChI=1S/C29H32N2O4/c1-32-24-18-17-23(28(33-2)29(24)34-3)20-35-19-11-10-16-25-30-26(21-12-6-4-7-13-21)27(31-25)22-14-8-5-9-15-22/h4-9,12-15,17-18H,10-11,16,19-20H2,1-3H3,(H,30,31). The number of aryl methyl sites for hydroxylation is 1. The molecule has 0 aliphatic heterocycles. The first-order valence-corrected chi connectivity index (χ1v) is 11.8. The molecule has 4 aromatic rings. The number of methoxy groups -OCH3 is 3. The number of benzene rings is 3. The van der Waals surface area contributed by atoms with Crippen LogP contribution in [0.15, 0.2) is 72.8 Å². The number of unbranched alkanes of at least 4 members (excludes halogenated alkanes) is 1. The molecular weight excluding hydrogens is 440 g/mol. The zero-order valence-electron chi connectivity index (χ0n) is 20.5. The van der Waals surface area contributed by atoms with Crippen molar-refractivity contribution in [1.82, 2.24) is 9.97 Å². The number of rotatable bonds is 12. The molecule has 4 rings (SSSR count). The Morgan fingerprint density at radius 1 is 0.714 bits per heavy atom. The molecule has 0 bridgehead atoms. The van der Waals surface area contributed by atoms with E-state index >= 15 is 0 Å². The molecule has 0 saturated heterocycles. The van der Waals surface area contributed by atoms with E-state index in [4.69, 9.17) is 23.9 Å². The van der Waals surface area contributed by atoms with Gasteiger partial charge >= 0.3 is 0 Å². The minimum Gasteiger partial charge on any atom is -0.493 e. The zero-order valence-corrected chi connectivity index (χ0v) is 20.5. The Bertz CT molecular complexity index is 1150. The number of imidazole rings is 1. The fourth-order valence-corrected chi connectivity index (χ4v) is 4.11. The molecule has 0 aliphatic rings. The molecule has 1 aromatic heterocycles. The van der Waals surface area contributed by atoms with Crippen molar-refractivity contribution in [2.75, 3.05) is 27.9 Å². The third kappa shape index (κ3) is 5.84. The molecule has 35 heavy (non-hydrogen) atoms. The highest BCUT2D eigenvalue weighted by atomic mass is 16.5. The minimum absolute atomic E-state index is 0.445. The molecule has 0 aliphatic carbocycles. The summed E-state index contributed by atoms with van der Waals surface area (Å²) in [5, 5.41) is 0. The van der Waals surface area contributed by atoms with Crippen LogP contribution >= 0.6 is 0 Å². The van der Waals surface area contributed by atoms with Gasteiger partial charge in [0, 0.05) is 29.7 Å². The normalized spacial score (nSPS) is 10.8. The third-order valence-electron chi connectivity index (χ3n) is 5.86. The van der Waals surface area contributed by atoms with E-state index in [9.17, 15) is 0 Å². The van der Waals surface area contributed by atoms with E-state index in [0.717, 1.165) is 53.2 Å². The number of nitrogens with zero attached hydrogens (tertiary/aromatic N) is 1. The SMILES string of the molecule is COc1ccc(COCCCCc2nc(-c3ccccc3)c(-c3ccccc3)[nH]2)c(OC)c1OC. The summed E-state index contributed by atoms with van der Waals surface area (Å²) in [5.41, 5.74) is 5.22. The predicted octanol–water partition coefficient (Wildman–Crippen LogP) is 6.31. The van der Waals surface area contributed by atoms with Crippen molar-refractivity contribution in [1.29, 1.82) is 0 Å². The van der Waals surface area contributed by atoms with E-state index in [-0.39, 0.29) is 0 Å². The van der Waals surface area contributed by atoms with E-state index < -0.39 is 0 Å². The van der Waals surface area contributed by atoms with Gasteiger partial charge in [0.25, 0.3) is 0 Å². The maximum atomic E-state index is 5.93. The Morgan fingerprint density at radius 3 is 2.06 bits per heavy atom. The van der Waals surface area contributed by atoms with Gasteiger partial charge in [-0.2, -0.15) is 0 Å².